The van der Waals surface area contributed by atoms with Crippen LogP contribution >= 0.6 is 15.9 Å². The summed E-state index contributed by atoms with van der Waals surface area (Å²) >= 11 is 3.11. The number of halogens is 1. The summed E-state index contributed by atoms with van der Waals surface area (Å²) in [5.41, 5.74) is 0.218. The van der Waals surface area contributed by atoms with Crippen molar-refractivity contribution in [2.75, 3.05) is 0 Å². The number of amides is 1. The molecule has 0 heterocycles. The number of phenolic OH excluding ortho intramolecular Hbond substituents is 1. The zero-order chi connectivity index (χ0) is 14.6. The Morgan fingerprint density at radius 2 is 2.05 bits per heavy atom. The number of aromatic hydroxyl groups is 1. The molecule has 6 heteroatoms. The Labute approximate surface area is 119 Å². The van der Waals surface area contributed by atoms with E-state index in [9.17, 15) is 14.7 Å². The highest BCUT2D eigenvalue weighted by Crippen LogP contribution is 2.24. The number of phenols is 1. The molecule has 104 valence electrons. The number of rotatable bonds is 5. The maximum absolute atomic E-state index is 11.9. The van der Waals surface area contributed by atoms with Crippen LogP contribution in [0.25, 0.3) is 0 Å². The first kappa shape index (κ1) is 15.5. The molecule has 0 saturated heterocycles. The number of benzene rings is 1. The zero-order valence-electron chi connectivity index (χ0n) is 10.7. The van der Waals surface area contributed by atoms with Crippen LogP contribution in [0.1, 0.15) is 30.6 Å². The fourth-order valence-corrected chi connectivity index (χ4v) is 1.81. The summed E-state index contributed by atoms with van der Waals surface area (Å²) in [4.78, 5) is 23.1. The van der Waals surface area contributed by atoms with E-state index in [1.165, 1.54) is 18.2 Å². The van der Waals surface area contributed by atoms with Gasteiger partial charge in [0.25, 0.3) is 5.91 Å². The Morgan fingerprint density at radius 1 is 1.42 bits per heavy atom. The second kappa shape index (κ2) is 6.56. The molecule has 0 spiro atoms. The van der Waals surface area contributed by atoms with E-state index >= 15 is 0 Å². The van der Waals surface area contributed by atoms with E-state index in [1.807, 2.05) is 6.92 Å². The van der Waals surface area contributed by atoms with Crippen molar-refractivity contribution in [3.8, 4) is 5.75 Å². The number of carboxylic acids is 1. The average Bonchev–Trinajstić information content (AvgIpc) is 2.37. The van der Waals surface area contributed by atoms with Crippen molar-refractivity contribution in [1.82, 2.24) is 5.32 Å². The minimum absolute atomic E-state index is 0.0666. The van der Waals surface area contributed by atoms with Crippen LogP contribution in [0.15, 0.2) is 22.7 Å². The van der Waals surface area contributed by atoms with Gasteiger partial charge in [0.05, 0.1) is 4.47 Å². The van der Waals surface area contributed by atoms with Gasteiger partial charge in [-0.1, -0.05) is 20.3 Å². The van der Waals surface area contributed by atoms with Gasteiger partial charge in [0.2, 0.25) is 0 Å². The standard InChI is InChI=1S/C13H16BrNO4/c1-3-7(2)11(13(18)19)15-12(17)8-4-5-9(14)10(16)6-8/h4-7,11,16H,3H2,1-2H3,(H,15,17)(H,18,19)/t7?,11-/m0/s1. The van der Waals surface area contributed by atoms with E-state index in [-0.39, 0.29) is 17.2 Å². The van der Waals surface area contributed by atoms with Gasteiger partial charge in [0.15, 0.2) is 0 Å². The molecular weight excluding hydrogens is 314 g/mol. The number of aliphatic carboxylic acids is 1. The van der Waals surface area contributed by atoms with Crippen LogP contribution in [-0.2, 0) is 4.79 Å². The second-order valence-corrected chi connectivity index (χ2v) is 5.20. The van der Waals surface area contributed by atoms with Crippen molar-refractivity contribution in [3.63, 3.8) is 0 Å². The van der Waals surface area contributed by atoms with Crippen molar-refractivity contribution in [2.24, 2.45) is 5.92 Å². The fourth-order valence-electron chi connectivity index (χ4n) is 1.56. The van der Waals surface area contributed by atoms with Crippen molar-refractivity contribution in [3.05, 3.63) is 28.2 Å². The van der Waals surface area contributed by atoms with Crippen LogP contribution in [0, 0.1) is 5.92 Å². The van der Waals surface area contributed by atoms with Crippen molar-refractivity contribution in [2.45, 2.75) is 26.3 Å². The van der Waals surface area contributed by atoms with Crippen LogP contribution in [0.5, 0.6) is 5.75 Å². The number of carboxylic acid groups (broad SMARTS) is 1. The van der Waals surface area contributed by atoms with Crippen molar-refractivity contribution in [1.29, 1.82) is 0 Å². The Bertz CT molecular complexity index is 490. The van der Waals surface area contributed by atoms with Gasteiger partial charge in [-0.15, -0.1) is 0 Å². The third-order valence-electron chi connectivity index (χ3n) is 2.97. The molecule has 1 aromatic carbocycles. The lowest BCUT2D eigenvalue weighted by atomic mass is 9.99. The van der Waals surface area contributed by atoms with Gasteiger partial charge in [-0.2, -0.15) is 0 Å². The van der Waals surface area contributed by atoms with Crippen LogP contribution < -0.4 is 5.32 Å². The normalized spacial score (nSPS) is 13.6. The Balaban J connectivity index is 2.87. The van der Waals surface area contributed by atoms with Crippen LogP contribution in [0.3, 0.4) is 0 Å². The van der Waals surface area contributed by atoms with Gasteiger partial charge in [0, 0.05) is 5.56 Å². The first-order valence-corrected chi connectivity index (χ1v) is 6.68. The first-order valence-electron chi connectivity index (χ1n) is 5.89. The SMILES string of the molecule is CCC(C)[C@H](NC(=O)c1ccc(Br)c(O)c1)C(=O)O. The predicted molar refractivity (Wildman–Crippen MR) is 74.2 cm³/mol. The highest BCUT2D eigenvalue weighted by Gasteiger charge is 2.25. The quantitative estimate of drug-likeness (QED) is 0.774. The van der Waals surface area contributed by atoms with Crippen LogP contribution in [0.4, 0.5) is 0 Å². The lowest BCUT2D eigenvalue weighted by Gasteiger charge is -2.20. The summed E-state index contributed by atoms with van der Waals surface area (Å²) in [5, 5.41) is 21.1. The molecule has 1 amide bonds. The molecule has 0 bridgehead atoms. The molecule has 0 aliphatic carbocycles. The van der Waals surface area contributed by atoms with Gasteiger partial charge in [0.1, 0.15) is 11.8 Å². The van der Waals surface area contributed by atoms with Crippen LogP contribution in [-0.4, -0.2) is 28.1 Å². The zero-order valence-corrected chi connectivity index (χ0v) is 12.3. The summed E-state index contributed by atoms with van der Waals surface area (Å²) < 4.78 is 0.473. The number of nitrogens with one attached hydrogen (secondary N) is 1. The molecule has 0 aliphatic heterocycles. The number of carbonyl (C=O) groups is 2. The minimum Gasteiger partial charge on any atom is -0.507 e. The van der Waals surface area contributed by atoms with Gasteiger partial charge >= 0.3 is 5.97 Å². The van der Waals surface area contributed by atoms with E-state index in [0.29, 0.717) is 10.9 Å². The smallest absolute Gasteiger partial charge is 0.326 e. The molecule has 19 heavy (non-hydrogen) atoms. The molecule has 1 unspecified atom stereocenters. The van der Waals surface area contributed by atoms with Crippen molar-refractivity contribution < 1.29 is 19.8 Å². The largest absolute Gasteiger partial charge is 0.507 e. The number of hydrogen-bond acceptors (Lipinski definition) is 3. The van der Waals surface area contributed by atoms with Gasteiger partial charge in [-0.25, -0.2) is 4.79 Å². The van der Waals surface area contributed by atoms with E-state index in [0.717, 1.165) is 0 Å². The molecule has 2 atom stereocenters. The lowest BCUT2D eigenvalue weighted by molar-refractivity contribution is -0.140. The monoisotopic (exact) mass is 329 g/mol. The summed E-state index contributed by atoms with van der Waals surface area (Å²) in [5.74, 6) is -1.83. The first-order chi connectivity index (χ1) is 8.86. The third kappa shape index (κ3) is 3.96. The Hall–Kier alpha value is -1.56. The maximum atomic E-state index is 11.9. The molecule has 1 rings (SSSR count). The molecule has 0 radical (unpaired) electrons. The number of hydrogen-bond donors (Lipinski definition) is 3. The molecule has 3 N–H and O–H groups in total. The molecule has 0 aliphatic rings. The van der Waals surface area contributed by atoms with Gasteiger partial charge < -0.3 is 15.5 Å². The van der Waals surface area contributed by atoms with E-state index in [1.54, 1.807) is 6.92 Å². The van der Waals surface area contributed by atoms with Gasteiger partial charge in [-0.05, 0) is 40.0 Å². The highest BCUT2D eigenvalue weighted by atomic mass is 79.9. The predicted octanol–water partition coefficient (Wildman–Crippen LogP) is 2.38. The summed E-state index contributed by atoms with van der Waals surface area (Å²) in [6.45, 7) is 3.62. The molecule has 0 saturated carbocycles. The van der Waals surface area contributed by atoms with Gasteiger partial charge in [-0.3, -0.25) is 4.79 Å². The van der Waals surface area contributed by atoms with E-state index in [4.69, 9.17) is 5.11 Å². The summed E-state index contributed by atoms with van der Waals surface area (Å²) in [6, 6.07) is 3.38. The van der Waals surface area contributed by atoms with E-state index < -0.39 is 17.9 Å². The summed E-state index contributed by atoms with van der Waals surface area (Å²) in [7, 11) is 0. The molecule has 0 aromatic heterocycles. The minimum atomic E-state index is -1.07. The molecule has 5 nitrogen and oxygen atoms in total. The molecular formula is C13H16BrNO4. The topological polar surface area (TPSA) is 86.6 Å². The number of carbonyl (C=O) groups excluding carboxylic acids is 1. The van der Waals surface area contributed by atoms with Crippen molar-refractivity contribution >= 4 is 27.8 Å². The van der Waals surface area contributed by atoms with E-state index in [2.05, 4.69) is 21.2 Å². The second-order valence-electron chi connectivity index (χ2n) is 4.34. The summed E-state index contributed by atoms with van der Waals surface area (Å²) in [6.07, 6.45) is 0.642. The molecule has 0 fully saturated rings. The van der Waals surface area contributed by atoms with Crippen LogP contribution in [0.2, 0.25) is 0 Å². The maximum Gasteiger partial charge on any atom is 0.326 e. The molecule has 1 aromatic rings. The third-order valence-corrected chi connectivity index (χ3v) is 3.64. The Morgan fingerprint density at radius 3 is 2.53 bits per heavy atom. The Kier molecular flexibility index (Phi) is 5.35. The average molecular weight is 330 g/mol. The highest BCUT2D eigenvalue weighted by molar-refractivity contribution is 9.10. The fraction of sp³-hybridized carbons (Fsp3) is 0.385. The lowest BCUT2D eigenvalue weighted by Crippen LogP contribution is -2.45.